The van der Waals surface area contributed by atoms with Gasteiger partial charge in [0.2, 0.25) is 5.88 Å². The lowest BCUT2D eigenvalue weighted by atomic mass is 9.98. The van der Waals surface area contributed by atoms with Crippen LogP contribution in [0.25, 0.3) is 0 Å². The van der Waals surface area contributed by atoms with E-state index in [4.69, 9.17) is 14.5 Å². The average Bonchev–Trinajstić information content (AvgIpc) is 3.25. The molecule has 1 aromatic heterocycles. The normalized spacial score (nSPS) is 22.5. The maximum absolute atomic E-state index is 12.9. The summed E-state index contributed by atoms with van der Waals surface area (Å²) >= 11 is 0. The molecular weight excluding hydrogens is 458 g/mol. The maximum Gasteiger partial charge on any atom is 0.410 e. The largest absolute Gasteiger partial charge is 0.475 e. The second-order valence-electron chi connectivity index (χ2n) is 10.8. The fourth-order valence-corrected chi connectivity index (χ4v) is 5.28. The highest BCUT2D eigenvalue weighted by Gasteiger charge is 2.36. The lowest BCUT2D eigenvalue weighted by Gasteiger charge is -2.43. The summed E-state index contributed by atoms with van der Waals surface area (Å²) in [5.41, 5.74) is 2.62. The number of amides is 1. The van der Waals surface area contributed by atoms with Crippen molar-refractivity contribution in [3.63, 3.8) is 0 Å². The van der Waals surface area contributed by atoms with Gasteiger partial charge in [-0.3, -0.25) is 0 Å². The molecule has 4 heterocycles. The van der Waals surface area contributed by atoms with Gasteiger partial charge < -0.3 is 29.5 Å². The van der Waals surface area contributed by atoms with Gasteiger partial charge in [0, 0.05) is 37.8 Å². The fraction of sp³-hybridized carbons (Fsp3) is 0.692. The van der Waals surface area contributed by atoms with Gasteiger partial charge in [-0.05, 0) is 60.2 Å². The van der Waals surface area contributed by atoms with Crippen LogP contribution in [0, 0.1) is 22.7 Å². The number of carbonyl (C=O) groups excluding carboxylic acids is 1. The number of likely N-dealkylation sites (tertiary alicyclic amines) is 1. The van der Waals surface area contributed by atoms with Crippen LogP contribution in [0.4, 0.5) is 10.5 Å². The highest BCUT2D eigenvalue weighted by atomic mass is 16.6. The molecule has 1 aromatic rings. The Morgan fingerprint density at radius 2 is 2.03 bits per heavy atom. The molecule has 3 aliphatic rings. The Bertz CT molecular complexity index is 1060. The lowest BCUT2D eigenvalue weighted by molar-refractivity contribution is 0.0145. The number of carbonyl (C=O) groups is 1. The smallest absolute Gasteiger partial charge is 0.410 e. The third-order valence-electron chi connectivity index (χ3n) is 7.12. The molecule has 10 nitrogen and oxygen atoms in total. The first kappa shape index (κ1) is 26.0. The van der Waals surface area contributed by atoms with Crippen molar-refractivity contribution in [2.75, 3.05) is 51.3 Å². The number of rotatable bonds is 5. The van der Waals surface area contributed by atoms with Crippen LogP contribution >= 0.6 is 0 Å². The second-order valence-corrected chi connectivity index (χ2v) is 10.8. The zero-order valence-corrected chi connectivity index (χ0v) is 21.8. The highest BCUT2D eigenvalue weighted by molar-refractivity contribution is 5.72. The molecule has 2 fully saturated rings. The minimum absolute atomic E-state index is 0.184. The molecule has 194 valence electrons. The van der Waals surface area contributed by atoms with E-state index in [1.54, 1.807) is 4.90 Å². The third kappa shape index (κ3) is 5.66. The number of piperazine rings is 1. The van der Waals surface area contributed by atoms with Crippen LogP contribution in [0.2, 0.25) is 0 Å². The van der Waals surface area contributed by atoms with Crippen molar-refractivity contribution in [1.82, 2.24) is 20.1 Å². The monoisotopic (exact) mass is 495 g/mol. The lowest BCUT2D eigenvalue weighted by Crippen LogP contribution is -2.56. The molecule has 0 aromatic carbocycles. The molecule has 4 rings (SSSR count). The van der Waals surface area contributed by atoms with Gasteiger partial charge in [0.05, 0.1) is 29.9 Å². The third-order valence-corrected chi connectivity index (χ3v) is 7.12. The quantitative estimate of drug-likeness (QED) is 0.657. The number of nitriles is 2. The van der Waals surface area contributed by atoms with E-state index in [-0.39, 0.29) is 12.5 Å². The van der Waals surface area contributed by atoms with Crippen molar-refractivity contribution in [2.24, 2.45) is 0 Å². The van der Waals surface area contributed by atoms with E-state index in [1.807, 2.05) is 20.8 Å². The van der Waals surface area contributed by atoms with E-state index in [9.17, 15) is 15.3 Å². The van der Waals surface area contributed by atoms with E-state index in [1.165, 1.54) is 0 Å². The summed E-state index contributed by atoms with van der Waals surface area (Å²) in [5, 5.41) is 23.1. The molecule has 2 atom stereocenters. The molecule has 1 N–H and O–H groups in total. The van der Waals surface area contributed by atoms with E-state index >= 15 is 0 Å². The fourth-order valence-electron chi connectivity index (χ4n) is 5.28. The van der Waals surface area contributed by atoms with E-state index in [0.29, 0.717) is 50.3 Å². The van der Waals surface area contributed by atoms with E-state index in [2.05, 4.69) is 34.3 Å². The van der Waals surface area contributed by atoms with Crippen molar-refractivity contribution in [1.29, 1.82) is 10.5 Å². The standard InChI is InChI=1S/C26H37N7O3/c1-26(2,3)36-25(34)33-13-12-32(16-18(33)7-9-27)23-20-8-10-29-15-22(20)30-24(21(23)14-28)35-17-19-6-5-11-31(19)4/h18-19,29H,5-8,10-13,15-17H2,1-4H3. The van der Waals surface area contributed by atoms with Crippen LogP contribution in [0.1, 0.15) is 56.9 Å². The van der Waals surface area contributed by atoms with Crippen molar-refractivity contribution >= 4 is 11.8 Å². The zero-order chi connectivity index (χ0) is 25.9. The Kier molecular flexibility index (Phi) is 7.87. The number of ether oxygens (including phenoxy) is 2. The van der Waals surface area contributed by atoms with Gasteiger partial charge in [0.25, 0.3) is 0 Å². The molecular formula is C26H37N7O3. The molecule has 36 heavy (non-hydrogen) atoms. The van der Waals surface area contributed by atoms with Gasteiger partial charge in [-0.2, -0.15) is 10.5 Å². The minimum Gasteiger partial charge on any atom is -0.475 e. The first-order valence-corrected chi connectivity index (χ1v) is 12.8. The number of aromatic nitrogens is 1. The minimum atomic E-state index is -0.615. The number of nitrogens with one attached hydrogen (secondary N) is 1. The summed E-state index contributed by atoms with van der Waals surface area (Å²) in [7, 11) is 2.10. The van der Waals surface area contributed by atoms with Crippen molar-refractivity contribution in [3.05, 3.63) is 16.8 Å². The number of fused-ring (bicyclic) bond motifs is 1. The average molecular weight is 496 g/mol. The van der Waals surface area contributed by atoms with Crippen molar-refractivity contribution in [2.45, 2.75) is 70.7 Å². The van der Waals surface area contributed by atoms with Gasteiger partial charge in [0.1, 0.15) is 23.8 Å². The predicted molar refractivity (Wildman–Crippen MR) is 135 cm³/mol. The molecule has 0 bridgehead atoms. The van der Waals surface area contributed by atoms with Gasteiger partial charge >= 0.3 is 6.09 Å². The van der Waals surface area contributed by atoms with Crippen molar-refractivity contribution in [3.8, 4) is 18.0 Å². The number of pyridine rings is 1. The summed E-state index contributed by atoms with van der Waals surface area (Å²) in [6, 6.07) is 4.57. The maximum atomic E-state index is 12.9. The van der Waals surface area contributed by atoms with Crippen LogP contribution in [-0.4, -0.2) is 84.9 Å². The summed E-state index contributed by atoms with van der Waals surface area (Å²) in [4.78, 5) is 23.7. The van der Waals surface area contributed by atoms with E-state index < -0.39 is 11.7 Å². The van der Waals surface area contributed by atoms with Crippen LogP contribution < -0.4 is 15.0 Å². The molecule has 0 aliphatic carbocycles. The Morgan fingerprint density at radius 1 is 1.22 bits per heavy atom. The first-order valence-electron chi connectivity index (χ1n) is 12.8. The Hall–Kier alpha value is -3.08. The summed E-state index contributed by atoms with van der Waals surface area (Å²) in [6.45, 7) is 9.85. The van der Waals surface area contributed by atoms with Crippen LogP contribution in [0.5, 0.6) is 5.88 Å². The summed E-state index contributed by atoms with van der Waals surface area (Å²) < 4.78 is 11.8. The number of hydrogen-bond acceptors (Lipinski definition) is 9. The second kappa shape index (κ2) is 10.9. The number of hydrogen-bond donors (Lipinski definition) is 1. The van der Waals surface area contributed by atoms with Gasteiger partial charge in [-0.15, -0.1) is 0 Å². The predicted octanol–water partition coefficient (Wildman–Crippen LogP) is 2.41. The number of nitrogens with zero attached hydrogens (tertiary/aromatic N) is 6. The molecule has 0 radical (unpaired) electrons. The summed E-state index contributed by atoms with van der Waals surface area (Å²) in [5.74, 6) is 0.377. The van der Waals surface area contributed by atoms with Crippen LogP contribution in [-0.2, 0) is 17.7 Å². The summed E-state index contributed by atoms with van der Waals surface area (Å²) in [6.07, 6.45) is 2.75. The molecule has 2 saturated heterocycles. The Labute approximate surface area is 213 Å². The van der Waals surface area contributed by atoms with Crippen LogP contribution in [0.3, 0.4) is 0 Å². The molecule has 2 unspecified atom stereocenters. The first-order chi connectivity index (χ1) is 17.2. The molecule has 1 amide bonds. The molecule has 0 saturated carbocycles. The van der Waals surface area contributed by atoms with E-state index in [0.717, 1.165) is 49.3 Å². The number of anilines is 1. The molecule has 10 heteroatoms. The van der Waals surface area contributed by atoms with Crippen molar-refractivity contribution < 1.29 is 14.3 Å². The number of likely N-dealkylation sites (N-methyl/N-ethyl adjacent to an activating group) is 1. The van der Waals surface area contributed by atoms with Gasteiger partial charge in [-0.1, -0.05) is 0 Å². The van der Waals surface area contributed by atoms with Gasteiger partial charge in [0.15, 0.2) is 0 Å². The SMILES string of the molecule is CN1CCCC1COc1nc2c(c(N3CCN(C(=O)OC(C)(C)C)C(CC#N)C3)c1C#N)CCNC2. The Balaban J connectivity index is 1.64. The van der Waals surface area contributed by atoms with Gasteiger partial charge in [-0.25, -0.2) is 9.78 Å². The molecule has 3 aliphatic heterocycles. The zero-order valence-electron chi connectivity index (χ0n) is 21.8. The topological polar surface area (TPSA) is 118 Å². The van der Waals surface area contributed by atoms with Crippen LogP contribution in [0.15, 0.2) is 0 Å². The molecule has 0 spiro atoms. The highest BCUT2D eigenvalue weighted by Crippen LogP contribution is 2.37. The Morgan fingerprint density at radius 3 is 2.69 bits per heavy atom.